The van der Waals surface area contributed by atoms with Gasteiger partial charge in [0.15, 0.2) is 9.84 Å². The van der Waals surface area contributed by atoms with E-state index in [1.165, 1.54) is 0 Å². The molecular weight excluding hydrogens is 384 g/mol. The molecule has 0 aliphatic heterocycles. The highest BCUT2D eigenvalue weighted by Crippen LogP contribution is 2.30. The summed E-state index contributed by atoms with van der Waals surface area (Å²) in [6, 6.07) is 5.72. The molecule has 0 saturated carbocycles. The van der Waals surface area contributed by atoms with Crippen LogP contribution in [0.15, 0.2) is 22.7 Å². The molecule has 18 heavy (non-hydrogen) atoms. The molecule has 0 radical (unpaired) electrons. The third kappa shape index (κ3) is 4.24. The van der Waals surface area contributed by atoms with E-state index < -0.39 is 9.84 Å². The van der Waals surface area contributed by atoms with Crippen molar-refractivity contribution in [2.75, 3.05) is 12.4 Å². The smallest absolute Gasteiger partial charge is 0.155 e. The van der Waals surface area contributed by atoms with Crippen LogP contribution in [0.25, 0.3) is 0 Å². The number of halogens is 2. The Hall–Kier alpha value is -0.0700. The Morgan fingerprint density at radius 2 is 2.00 bits per heavy atom. The summed E-state index contributed by atoms with van der Waals surface area (Å²) in [5.74, 6) is 0.738. The van der Waals surface area contributed by atoms with E-state index in [1.54, 1.807) is 13.8 Å². The Balaban J connectivity index is 2.70. The lowest BCUT2D eigenvalue weighted by Crippen LogP contribution is -2.22. The first-order chi connectivity index (χ1) is 8.38. The van der Waals surface area contributed by atoms with Crippen molar-refractivity contribution in [2.24, 2.45) is 0 Å². The van der Waals surface area contributed by atoms with Crippen LogP contribution in [0.5, 0.6) is 5.75 Å². The van der Waals surface area contributed by atoms with E-state index in [1.807, 2.05) is 18.2 Å². The van der Waals surface area contributed by atoms with E-state index in [4.69, 9.17) is 4.74 Å². The highest BCUT2D eigenvalue weighted by Gasteiger charge is 2.16. The monoisotopic (exact) mass is 398 g/mol. The number of alkyl halides is 1. The minimum atomic E-state index is -3.05. The molecule has 1 rings (SSSR count). The number of rotatable bonds is 6. The first-order valence-corrected chi connectivity index (χ1v) is 9.19. The van der Waals surface area contributed by atoms with Crippen LogP contribution < -0.4 is 4.74 Å². The molecule has 0 unspecified atom stereocenters. The molecule has 0 aliphatic carbocycles. The van der Waals surface area contributed by atoms with Crippen LogP contribution in [-0.4, -0.2) is 26.0 Å². The molecular formula is C12H16Br2O3S. The van der Waals surface area contributed by atoms with Gasteiger partial charge < -0.3 is 4.74 Å². The zero-order valence-electron chi connectivity index (χ0n) is 10.3. The van der Waals surface area contributed by atoms with Crippen molar-refractivity contribution in [3.63, 3.8) is 0 Å². The highest BCUT2D eigenvalue weighted by molar-refractivity contribution is 9.10. The van der Waals surface area contributed by atoms with E-state index in [-0.39, 0.29) is 17.6 Å². The Kier molecular flexibility index (Phi) is 6.14. The largest absolute Gasteiger partial charge is 0.491 e. The van der Waals surface area contributed by atoms with Gasteiger partial charge in [0.25, 0.3) is 0 Å². The van der Waals surface area contributed by atoms with Crippen LogP contribution in [0.2, 0.25) is 0 Å². The van der Waals surface area contributed by atoms with Crippen molar-refractivity contribution >= 4 is 41.7 Å². The fourth-order valence-electron chi connectivity index (χ4n) is 1.32. The maximum absolute atomic E-state index is 11.7. The van der Waals surface area contributed by atoms with Crippen molar-refractivity contribution < 1.29 is 13.2 Å². The van der Waals surface area contributed by atoms with Crippen molar-refractivity contribution in [1.82, 2.24) is 0 Å². The molecule has 0 saturated heterocycles. The maximum Gasteiger partial charge on any atom is 0.155 e. The third-order valence-electron chi connectivity index (χ3n) is 2.52. The molecule has 0 atom stereocenters. The zero-order chi connectivity index (χ0) is 13.8. The molecule has 1 aromatic rings. The van der Waals surface area contributed by atoms with Gasteiger partial charge in [0.05, 0.1) is 15.5 Å². The van der Waals surface area contributed by atoms with Crippen molar-refractivity contribution in [2.45, 2.75) is 24.4 Å². The summed E-state index contributed by atoms with van der Waals surface area (Å²) in [4.78, 5) is 0. The van der Waals surface area contributed by atoms with Gasteiger partial charge in [0.1, 0.15) is 12.4 Å². The van der Waals surface area contributed by atoms with E-state index in [0.29, 0.717) is 11.1 Å². The van der Waals surface area contributed by atoms with Crippen molar-refractivity contribution in [3.05, 3.63) is 28.2 Å². The van der Waals surface area contributed by atoms with Gasteiger partial charge in [-0.1, -0.05) is 28.1 Å². The first-order valence-electron chi connectivity index (χ1n) is 5.56. The number of ether oxygens (including phenoxy) is 1. The summed E-state index contributed by atoms with van der Waals surface area (Å²) in [5, 5.41) is 0.301. The van der Waals surface area contributed by atoms with Crippen LogP contribution >= 0.6 is 31.9 Å². The van der Waals surface area contributed by atoms with Gasteiger partial charge >= 0.3 is 0 Å². The second-order valence-electron chi connectivity index (χ2n) is 4.13. The van der Waals surface area contributed by atoms with Gasteiger partial charge in [0.2, 0.25) is 0 Å². The summed E-state index contributed by atoms with van der Waals surface area (Å²) in [6.07, 6.45) is 0. The standard InChI is InChI=1S/C12H16Br2O3S/c1-9(2)18(15,16)7-6-17-12-10(8-13)4-3-5-11(12)14/h3-5,9H,6-8H2,1-2H3. The normalized spacial score (nSPS) is 11.8. The molecule has 0 bridgehead atoms. The molecule has 0 aliphatic rings. The fourth-order valence-corrected chi connectivity index (χ4v) is 3.07. The SMILES string of the molecule is CC(C)S(=O)(=O)CCOc1c(Br)cccc1CBr. The predicted molar refractivity (Wildman–Crippen MR) is 81.2 cm³/mol. The quantitative estimate of drug-likeness (QED) is 0.687. The summed E-state index contributed by atoms with van der Waals surface area (Å²) < 4.78 is 29.7. The summed E-state index contributed by atoms with van der Waals surface area (Å²) >= 11 is 6.78. The lowest BCUT2D eigenvalue weighted by atomic mass is 10.2. The van der Waals surface area contributed by atoms with E-state index >= 15 is 0 Å². The molecule has 102 valence electrons. The Morgan fingerprint density at radius 3 is 2.56 bits per heavy atom. The molecule has 3 nitrogen and oxygen atoms in total. The van der Waals surface area contributed by atoms with Gasteiger partial charge in [0, 0.05) is 10.9 Å². The number of hydrogen-bond acceptors (Lipinski definition) is 3. The molecule has 0 N–H and O–H groups in total. The highest BCUT2D eigenvalue weighted by atomic mass is 79.9. The minimum absolute atomic E-state index is 0.0354. The fraction of sp³-hybridized carbons (Fsp3) is 0.500. The summed E-state index contributed by atoms with van der Waals surface area (Å²) in [7, 11) is -3.05. The van der Waals surface area contributed by atoms with Gasteiger partial charge in [-0.3, -0.25) is 0 Å². The van der Waals surface area contributed by atoms with Crippen LogP contribution in [0.3, 0.4) is 0 Å². The topological polar surface area (TPSA) is 43.4 Å². The Labute approximate surface area is 125 Å². The van der Waals surface area contributed by atoms with Crippen molar-refractivity contribution in [3.8, 4) is 5.75 Å². The van der Waals surface area contributed by atoms with Gasteiger partial charge in [-0.15, -0.1) is 0 Å². The number of hydrogen-bond donors (Lipinski definition) is 0. The van der Waals surface area contributed by atoms with Crippen LogP contribution in [0.4, 0.5) is 0 Å². The number of sulfone groups is 1. The average Bonchev–Trinajstić information content (AvgIpc) is 2.30. The zero-order valence-corrected chi connectivity index (χ0v) is 14.3. The average molecular weight is 400 g/mol. The van der Waals surface area contributed by atoms with Crippen molar-refractivity contribution in [1.29, 1.82) is 0 Å². The number of benzene rings is 1. The third-order valence-corrected chi connectivity index (χ3v) is 5.93. The lowest BCUT2D eigenvalue weighted by Gasteiger charge is -2.13. The molecule has 1 aromatic carbocycles. The van der Waals surface area contributed by atoms with Crippen LogP contribution in [0, 0.1) is 0 Å². The molecule has 6 heteroatoms. The van der Waals surface area contributed by atoms with Gasteiger partial charge in [-0.25, -0.2) is 8.42 Å². The Morgan fingerprint density at radius 1 is 1.33 bits per heavy atom. The van der Waals surface area contributed by atoms with Gasteiger partial charge in [-0.2, -0.15) is 0 Å². The van der Waals surface area contributed by atoms with Crippen LogP contribution in [0.1, 0.15) is 19.4 Å². The second-order valence-corrected chi connectivity index (χ2v) is 8.22. The van der Waals surface area contributed by atoms with E-state index in [2.05, 4.69) is 31.9 Å². The molecule has 0 amide bonds. The lowest BCUT2D eigenvalue weighted by molar-refractivity contribution is 0.336. The minimum Gasteiger partial charge on any atom is -0.491 e. The maximum atomic E-state index is 11.7. The predicted octanol–water partition coefficient (Wildman–Crippen LogP) is 3.55. The summed E-state index contributed by atoms with van der Waals surface area (Å²) in [5.41, 5.74) is 0.992. The second kappa shape index (κ2) is 6.91. The van der Waals surface area contributed by atoms with Gasteiger partial charge in [-0.05, 0) is 35.8 Å². The van der Waals surface area contributed by atoms with E-state index in [0.717, 1.165) is 10.0 Å². The molecule has 0 heterocycles. The summed E-state index contributed by atoms with van der Waals surface area (Å²) in [6.45, 7) is 3.53. The molecule has 0 spiro atoms. The number of para-hydroxylation sites is 1. The molecule has 0 fully saturated rings. The molecule has 0 aromatic heterocycles. The van der Waals surface area contributed by atoms with E-state index in [9.17, 15) is 8.42 Å². The first kappa shape index (κ1) is 16.0. The van der Waals surface area contributed by atoms with Crippen LogP contribution in [-0.2, 0) is 15.2 Å². The Bertz CT molecular complexity index is 498.